The molecule has 3 rings (SSSR count). The number of aromatic nitrogens is 2. The van der Waals surface area contributed by atoms with Crippen LogP contribution in [0.25, 0.3) is 0 Å². The zero-order valence-corrected chi connectivity index (χ0v) is 26.0. The van der Waals surface area contributed by atoms with Crippen molar-refractivity contribution in [1.29, 1.82) is 0 Å². The number of carbonyl (C=O) groups excluding carboxylic acids is 2. The second-order valence-electron chi connectivity index (χ2n) is 13.1. The van der Waals surface area contributed by atoms with Crippen LogP contribution in [0.4, 0.5) is 4.79 Å². The molecule has 1 fully saturated rings. The Morgan fingerprint density at radius 3 is 2.12 bits per heavy atom. The molecule has 1 aromatic heterocycles. The minimum Gasteiger partial charge on any atom is -0.488 e. The number of benzene rings is 1. The minimum absolute atomic E-state index is 0.0339. The van der Waals surface area contributed by atoms with Gasteiger partial charge in [-0.05, 0) is 78.5 Å². The fourth-order valence-corrected chi connectivity index (χ4v) is 4.97. The zero-order chi connectivity index (χ0) is 30.0. The van der Waals surface area contributed by atoms with Gasteiger partial charge in [-0.3, -0.25) is 4.79 Å². The number of nitrogens with zero attached hydrogens (tertiary/aromatic N) is 2. The van der Waals surface area contributed by atoms with Crippen LogP contribution in [0, 0.1) is 5.92 Å². The molecule has 228 valence electrons. The van der Waals surface area contributed by atoms with E-state index in [9.17, 15) is 9.59 Å². The number of hydrogen-bond donors (Lipinski definition) is 2. The Kier molecular flexibility index (Phi) is 11.6. The van der Waals surface area contributed by atoms with E-state index in [-0.39, 0.29) is 29.4 Å². The molecule has 9 nitrogen and oxygen atoms in total. The molecule has 0 radical (unpaired) electrons. The molecule has 2 aromatic rings. The van der Waals surface area contributed by atoms with Gasteiger partial charge >= 0.3 is 6.09 Å². The number of ether oxygens (including phenoxy) is 2. The number of unbranched alkanes of at least 4 members (excludes halogenated alkanes) is 2. The molecule has 1 heterocycles. The third-order valence-corrected chi connectivity index (χ3v) is 6.92. The first-order chi connectivity index (χ1) is 19.3. The summed E-state index contributed by atoms with van der Waals surface area (Å²) in [7, 11) is 0. The number of hydrogen-bond acceptors (Lipinski definition) is 7. The molecule has 1 aliphatic rings. The summed E-state index contributed by atoms with van der Waals surface area (Å²) in [6.07, 6.45) is 8.82. The largest absolute Gasteiger partial charge is 0.488 e. The molecule has 0 bridgehead atoms. The minimum atomic E-state index is -0.658. The number of nitrogens with one attached hydrogen (secondary N) is 2. The standard InChI is InChI=1S/C32H50N4O5/c1-8-9-11-16-25(33-27(37)23-14-12-10-13-15-23)28-35-36-29(39-28)26(34-30(38)41-32(5,6)7)21-22-17-19-24(20-18-22)40-31(2,3)4/h17-20,23,25-26H,8-16,21H2,1-7H3,(H,33,37)(H,34,38)/t25-,26-/m0/s1. The Balaban J connectivity index is 1.81. The summed E-state index contributed by atoms with van der Waals surface area (Å²) in [5, 5.41) is 14.8. The van der Waals surface area contributed by atoms with Crippen molar-refractivity contribution in [2.75, 3.05) is 0 Å². The lowest BCUT2D eigenvalue weighted by Gasteiger charge is -2.24. The molecule has 9 heteroatoms. The highest BCUT2D eigenvalue weighted by atomic mass is 16.6. The summed E-state index contributed by atoms with van der Waals surface area (Å²) in [6, 6.07) is 6.75. The van der Waals surface area contributed by atoms with Gasteiger partial charge in [0.15, 0.2) is 0 Å². The lowest BCUT2D eigenvalue weighted by Crippen LogP contribution is -2.36. The van der Waals surface area contributed by atoms with Gasteiger partial charge in [0.25, 0.3) is 0 Å². The van der Waals surface area contributed by atoms with Gasteiger partial charge in [0.1, 0.15) is 29.0 Å². The van der Waals surface area contributed by atoms with Crippen LogP contribution in [0.1, 0.15) is 136 Å². The number of carbonyl (C=O) groups is 2. The summed E-state index contributed by atoms with van der Waals surface area (Å²) in [6.45, 7) is 13.6. The van der Waals surface area contributed by atoms with E-state index < -0.39 is 17.7 Å². The maximum atomic E-state index is 13.1. The Morgan fingerprint density at radius 1 is 0.902 bits per heavy atom. The van der Waals surface area contributed by atoms with E-state index in [1.165, 1.54) is 6.42 Å². The number of alkyl carbamates (subject to hydrolysis) is 1. The molecule has 2 amide bonds. The van der Waals surface area contributed by atoms with Crippen LogP contribution < -0.4 is 15.4 Å². The van der Waals surface area contributed by atoms with Crippen molar-refractivity contribution < 1.29 is 23.5 Å². The van der Waals surface area contributed by atoms with E-state index in [1.807, 2.05) is 65.8 Å². The quantitative estimate of drug-likeness (QED) is 0.256. The van der Waals surface area contributed by atoms with Crippen molar-refractivity contribution in [3.8, 4) is 5.75 Å². The fraction of sp³-hybridized carbons (Fsp3) is 0.688. The van der Waals surface area contributed by atoms with Crippen LogP contribution in [0.3, 0.4) is 0 Å². The summed E-state index contributed by atoms with van der Waals surface area (Å²) < 4.78 is 17.7. The summed E-state index contributed by atoms with van der Waals surface area (Å²) in [5.41, 5.74) is -0.00569. The zero-order valence-electron chi connectivity index (χ0n) is 26.0. The molecule has 0 saturated heterocycles. The Bertz CT molecular complexity index is 1090. The smallest absolute Gasteiger partial charge is 0.408 e. The van der Waals surface area contributed by atoms with Crippen molar-refractivity contribution in [3.63, 3.8) is 0 Å². The van der Waals surface area contributed by atoms with Gasteiger partial charge in [0, 0.05) is 12.3 Å². The molecule has 2 N–H and O–H groups in total. The van der Waals surface area contributed by atoms with Gasteiger partial charge in [0.05, 0.1) is 0 Å². The van der Waals surface area contributed by atoms with E-state index >= 15 is 0 Å². The highest BCUT2D eigenvalue weighted by Crippen LogP contribution is 2.28. The number of amides is 2. The molecule has 1 aliphatic carbocycles. The molecular formula is C32H50N4O5. The monoisotopic (exact) mass is 570 g/mol. The first-order valence-corrected chi connectivity index (χ1v) is 15.2. The number of rotatable bonds is 12. The van der Waals surface area contributed by atoms with E-state index in [2.05, 4.69) is 27.8 Å². The van der Waals surface area contributed by atoms with Gasteiger partial charge in [-0.25, -0.2) is 4.79 Å². The Hall–Kier alpha value is -3.10. The molecule has 1 aromatic carbocycles. The molecule has 41 heavy (non-hydrogen) atoms. The molecule has 0 unspecified atom stereocenters. The van der Waals surface area contributed by atoms with Crippen molar-refractivity contribution in [1.82, 2.24) is 20.8 Å². The van der Waals surface area contributed by atoms with Crippen LogP contribution in [-0.2, 0) is 16.0 Å². The normalized spacial score (nSPS) is 16.1. The van der Waals surface area contributed by atoms with Crippen LogP contribution >= 0.6 is 0 Å². The lowest BCUT2D eigenvalue weighted by atomic mass is 9.88. The average Bonchev–Trinajstić information content (AvgIpc) is 3.38. The maximum Gasteiger partial charge on any atom is 0.408 e. The van der Waals surface area contributed by atoms with Gasteiger partial charge in [-0.1, -0.05) is 57.6 Å². The van der Waals surface area contributed by atoms with Crippen molar-refractivity contribution in [3.05, 3.63) is 41.6 Å². The first kappa shape index (κ1) is 32.4. The van der Waals surface area contributed by atoms with Crippen LogP contribution in [0.5, 0.6) is 5.75 Å². The molecule has 2 atom stereocenters. The Morgan fingerprint density at radius 2 is 1.54 bits per heavy atom. The second-order valence-corrected chi connectivity index (χ2v) is 13.1. The first-order valence-electron chi connectivity index (χ1n) is 15.2. The average molecular weight is 571 g/mol. The van der Waals surface area contributed by atoms with Crippen molar-refractivity contribution in [2.45, 2.75) is 136 Å². The van der Waals surface area contributed by atoms with E-state index in [0.29, 0.717) is 18.7 Å². The predicted octanol–water partition coefficient (Wildman–Crippen LogP) is 7.37. The van der Waals surface area contributed by atoms with Crippen molar-refractivity contribution in [2.24, 2.45) is 5.92 Å². The molecule has 0 spiro atoms. The second kappa shape index (κ2) is 14.7. The van der Waals surface area contributed by atoms with Crippen molar-refractivity contribution >= 4 is 12.0 Å². The van der Waals surface area contributed by atoms with Crippen LogP contribution in [0.2, 0.25) is 0 Å². The summed E-state index contributed by atoms with van der Waals surface area (Å²) in [5.74, 6) is 1.50. The third kappa shape index (κ3) is 11.4. The van der Waals surface area contributed by atoms with Gasteiger partial charge in [-0.2, -0.15) is 0 Å². The van der Waals surface area contributed by atoms with E-state index in [0.717, 1.165) is 56.3 Å². The highest BCUT2D eigenvalue weighted by molar-refractivity contribution is 5.79. The molecule has 0 aliphatic heterocycles. The van der Waals surface area contributed by atoms with Gasteiger partial charge in [-0.15, -0.1) is 10.2 Å². The SMILES string of the molecule is CCCCC[C@H](NC(=O)C1CCCCC1)c1nnc([C@H](Cc2ccc(OC(C)(C)C)cc2)NC(=O)OC(C)(C)C)o1. The molecular weight excluding hydrogens is 520 g/mol. The third-order valence-electron chi connectivity index (χ3n) is 6.92. The van der Waals surface area contributed by atoms with E-state index in [1.54, 1.807) is 0 Å². The van der Waals surface area contributed by atoms with Gasteiger partial charge in [0.2, 0.25) is 17.7 Å². The lowest BCUT2D eigenvalue weighted by molar-refractivity contribution is -0.127. The van der Waals surface area contributed by atoms with Crippen LogP contribution in [0.15, 0.2) is 28.7 Å². The summed E-state index contributed by atoms with van der Waals surface area (Å²) in [4.78, 5) is 25.9. The topological polar surface area (TPSA) is 116 Å². The maximum absolute atomic E-state index is 13.1. The molecule has 1 saturated carbocycles. The Labute approximate surface area is 245 Å². The van der Waals surface area contributed by atoms with E-state index in [4.69, 9.17) is 13.9 Å². The highest BCUT2D eigenvalue weighted by Gasteiger charge is 2.29. The van der Waals surface area contributed by atoms with Gasteiger partial charge < -0.3 is 24.5 Å². The predicted molar refractivity (Wildman–Crippen MR) is 159 cm³/mol. The van der Waals surface area contributed by atoms with Crippen LogP contribution in [-0.4, -0.2) is 33.4 Å². The summed E-state index contributed by atoms with van der Waals surface area (Å²) >= 11 is 0. The fourth-order valence-electron chi connectivity index (χ4n) is 4.97.